The van der Waals surface area contributed by atoms with Gasteiger partial charge in [-0.3, -0.25) is 4.79 Å². The summed E-state index contributed by atoms with van der Waals surface area (Å²) >= 11 is 0. The number of carboxylic acid groups (broad SMARTS) is 1. The van der Waals surface area contributed by atoms with Crippen molar-refractivity contribution in [2.24, 2.45) is 0 Å². The molecule has 1 aliphatic heterocycles. The predicted octanol–water partition coefficient (Wildman–Crippen LogP) is 1.88. The van der Waals surface area contributed by atoms with Crippen molar-refractivity contribution in [3.05, 3.63) is 18.2 Å². The van der Waals surface area contributed by atoms with E-state index >= 15 is 0 Å². The summed E-state index contributed by atoms with van der Waals surface area (Å²) in [6.45, 7) is 0.869. The zero-order chi connectivity index (χ0) is 15.3. The smallest absolute Gasteiger partial charge is 0.303 e. The minimum Gasteiger partial charge on any atom is -0.486 e. The number of hydrogen-bond donors (Lipinski definition) is 1. The van der Waals surface area contributed by atoms with Crippen molar-refractivity contribution in [3.8, 4) is 11.5 Å². The van der Waals surface area contributed by atoms with Gasteiger partial charge < -0.3 is 14.6 Å². The average molecular weight is 314 g/mol. The Bertz CT molecular complexity index is 608. The summed E-state index contributed by atoms with van der Waals surface area (Å²) in [5, 5.41) is 8.52. The van der Waals surface area contributed by atoms with E-state index in [2.05, 4.69) is 0 Å². The maximum atomic E-state index is 12.2. The minimum absolute atomic E-state index is 0.00621. The number of ether oxygens (including phenoxy) is 2. The molecule has 0 atom stereocenters. The summed E-state index contributed by atoms with van der Waals surface area (Å²) in [5.41, 5.74) is 0. The van der Waals surface area contributed by atoms with Gasteiger partial charge in [0.15, 0.2) is 21.3 Å². The molecule has 21 heavy (non-hydrogen) atoms. The number of hydrogen-bond acceptors (Lipinski definition) is 5. The van der Waals surface area contributed by atoms with Gasteiger partial charge in [-0.15, -0.1) is 0 Å². The van der Waals surface area contributed by atoms with Gasteiger partial charge in [-0.25, -0.2) is 8.42 Å². The molecule has 0 amide bonds. The van der Waals surface area contributed by atoms with E-state index < -0.39 is 15.8 Å². The van der Waals surface area contributed by atoms with E-state index in [1.54, 1.807) is 6.07 Å². The standard InChI is InChI=1S/C14H18O6S/c15-14(16)4-2-1-3-9-21(17,18)11-5-6-12-13(10-11)20-8-7-19-12/h5-6,10H,1-4,7-9H2,(H,15,16). The molecule has 0 saturated carbocycles. The Kier molecular flexibility index (Phi) is 5.06. The van der Waals surface area contributed by atoms with Crippen LogP contribution in [0.25, 0.3) is 0 Å². The maximum Gasteiger partial charge on any atom is 0.303 e. The summed E-state index contributed by atoms with van der Waals surface area (Å²) in [4.78, 5) is 10.6. The van der Waals surface area contributed by atoms with Crippen molar-refractivity contribution in [2.75, 3.05) is 19.0 Å². The molecular weight excluding hydrogens is 296 g/mol. The minimum atomic E-state index is -3.38. The van der Waals surface area contributed by atoms with Gasteiger partial charge >= 0.3 is 5.97 Å². The Balaban J connectivity index is 1.94. The van der Waals surface area contributed by atoms with Crippen molar-refractivity contribution in [2.45, 2.75) is 30.6 Å². The van der Waals surface area contributed by atoms with Gasteiger partial charge in [-0.2, -0.15) is 0 Å². The van der Waals surface area contributed by atoms with E-state index in [0.29, 0.717) is 44.0 Å². The molecule has 0 saturated heterocycles. The molecular formula is C14H18O6S. The van der Waals surface area contributed by atoms with Crippen LogP contribution in [-0.2, 0) is 14.6 Å². The van der Waals surface area contributed by atoms with Gasteiger partial charge in [0.2, 0.25) is 0 Å². The third-order valence-corrected chi connectivity index (χ3v) is 4.97. The quantitative estimate of drug-likeness (QED) is 0.773. The summed E-state index contributed by atoms with van der Waals surface area (Å²) < 4.78 is 35.1. The van der Waals surface area contributed by atoms with Gasteiger partial charge in [0.25, 0.3) is 0 Å². The third-order valence-electron chi connectivity index (χ3n) is 3.18. The molecule has 0 unspecified atom stereocenters. The molecule has 0 radical (unpaired) electrons. The van der Waals surface area contributed by atoms with Crippen molar-refractivity contribution in [1.29, 1.82) is 0 Å². The van der Waals surface area contributed by atoms with Crippen LogP contribution < -0.4 is 9.47 Å². The number of fused-ring (bicyclic) bond motifs is 1. The lowest BCUT2D eigenvalue weighted by Gasteiger charge is -2.18. The molecule has 2 rings (SSSR count). The molecule has 6 nitrogen and oxygen atoms in total. The highest BCUT2D eigenvalue weighted by Gasteiger charge is 2.19. The molecule has 0 aromatic heterocycles. The predicted molar refractivity (Wildman–Crippen MR) is 75.6 cm³/mol. The SMILES string of the molecule is O=C(O)CCCCCS(=O)(=O)c1ccc2c(c1)OCCO2. The number of carbonyl (C=O) groups is 1. The summed E-state index contributed by atoms with van der Waals surface area (Å²) in [5.74, 6) is 0.159. The zero-order valence-electron chi connectivity index (χ0n) is 11.6. The zero-order valence-corrected chi connectivity index (χ0v) is 12.4. The molecule has 0 fully saturated rings. The lowest BCUT2D eigenvalue weighted by Crippen LogP contribution is -2.16. The fourth-order valence-electron chi connectivity index (χ4n) is 2.08. The van der Waals surface area contributed by atoms with Crippen molar-refractivity contribution in [1.82, 2.24) is 0 Å². The highest BCUT2D eigenvalue weighted by Crippen LogP contribution is 2.32. The summed E-state index contributed by atoms with van der Waals surface area (Å²) in [6, 6.07) is 4.60. The number of sulfone groups is 1. The van der Waals surface area contributed by atoms with Gasteiger partial charge in [0.1, 0.15) is 13.2 Å². The van der Waals surface area contributed by atoms with E-state index in [1.165, 1.54) is 12.1 Å². The molecule has 1 aromatic carbocycles. The molecule has 7 heteroatoms. The second-order valence-electron chi connectivity index (χ2n) is 4.83. The Morgan fingerprint density at radius 2 is 1.81 bits per heavy atom. The highest BCUT2D eigenvalue weighted by atomic mass is 32.2. The first-order chi connectivity index (χ1) is 9.99. The van der Waals surface area contributed by atoms with E-state index in [9.17, 15) is 13.2 Å². The number of benzene rings is 1. The molecule has 1 heterocycles. The maximum absolute atomic E-state index is 12.2. The van der Waals surface area contributed by atoms with Crippen LogP contribution in [0.4, 0.5) is 0 Å². The number of unbranched alkanes of at least 4 members (excludes halogenated alkanes) is 2. The van der Waals surface area contributed by atoms with E-state index in [0.717, 1.165) is 0 Å². The van der Waals surface area contributed by atoms with Crippen LogP contribution >= 0.6 is 0 Å². The van der Waals surface area contributed by atoms with Crippen LogP contribution in [0.15, 0.2) is 23.1 Å². The molecule has 0 bridgehead atoms. The van der Waals surface area contributed by atoms with Crippen LogP contribution in [0.5, 0.6) is 11.5 Å². The number of rotatable bonds is 7. The highest BCUT2D eigenvalue weighted by molar-refractivity contribution is 7.91. The van der Waals surface area contributed by atoms with E-state index in [-0.39, 0.29) is 17.1 Å². The topological polar surface area (TPSA) is 89.9 Å². The van der Waals surface area contributed by atoms with E-state index in [4.69, 9.17) is 14.6 Å². The fraction of sp³-hybridized carbons (Fsp3) is 0.500. The van der Waals surface area contributed by atoms with Crippen LogP contribution in [0.3, 0.4) is 0 Å². The van der Waals surface area contributed by atoms with Gasteiger partial charge in [0, 0.05) is 12.5 Å². The van der Waals surface area contributed by atoms with Crippen LogP contribution in [0.2, 0.25) is 0 Å². The van der Waals surface area contributed by atoms with E-state index in [1.807, 2.05) is 0 Å². The van der Waals surface area contributed by atoms with Gasteiger partial charge in [-0.1, -0.05) is 6.42 Å². The fourth-order valence-corrected chi connectivity index (χ4v) is 3.46. The second-order valence-corrected chi connectivity index (χ2v) is 6.94. The lowest BCUT2D eigenvalue weighted by atomic mass is 10.2. The first-order valence-corrected chi connectivity index (χ1v) is 8.48. The Labute approximate surface area is 123 Å². The third kappa shape index (κ3) is 4.35. The van der Waals surface area contributed by atoms with Gasteiger partial charge in [0.05, 0.1) is 10.6 Å². The molecule has 1 aromatic rings. The first kappa shape index (κ1) is 15.6. The largest absolute Gasteiger partial charge is 0.486 e. The Morgan fingerprint density at radius 3 is 2.52 bits per heavy atom. The number of carboxylic acids is 1. The second kappa shape index (κ2) is 6.80. The van der Waals surface area contributed by atoms with Gasteiger partial charge in [-0.05, 0) is 25.0 Å². The number of aliphatic carboxylic acids is 1. The van der Waals surface area contributed by atoms with Crippen molar-refractivity contribution < 1.29 is 27.8 Å². The van der Waals surface area contributed by atoms with Crippen LogP contribution in [-0.4, -0.2) is 38.5 Å². The summed E-state index contributed by atoms with van der Waals surface area (Å²) in [6.07, 6.45) is 1.59. The van der Waals surface area contributed by atoms with Crippen molar-refractivity contribution in [3.63, 3.8) is 0 Å². The van der Waals surface area contributed by atoms with Crippen molar-refractivity contribution >= 4 is 15.8 Å². The summed E-state index contributed by atoms with van der Waals surface area (Å²) in [7, 11) is -3.38. The molecule has 116 valence electrons. The van der Waals surface area contributed by atoms with Crippen LogP contribution in [0, 0.1) is 0 Å². The molecule has 0 spiro atoms. The molecule has 1 aliphatic rings. The average Bonchev–Trinajstić information content (AvgIpc) is 2.46. The monoisotopic (exact) mass is 314 g/mol. The lowest BCUT2D eigenvalue weighted by molar-refractivity contribution is -0.137. The Hall–Kier alpha value is -1.76. The normalized spacial score (nSPS) is 13.9. The van der Waals surface area contributed by atoms with Crippen LogP contribution in [0.1, 0.15) is 25.7 Å². The molecule has 0 aliphatic carbocycles. The molecule has 1 N–H and O–H groups in total. The first-order valence-electron chi connectivity index (χ1n) is 6.83. The Morgan fingerprint density at radius 1 is 1.10 bits per heavy atom.